The van der Waals surface area contributed by atoms with Gasteiger partial charge in [-0.3, -0.25) is 9.35 Å². The normalized spacial score (nSPS) is 18.9. The fourth-order valence-corrected chi connectivity index (χ4v) is 0.349. The lowest BCUT2D eigenvalue weighted by molar-refractivity contribution is -0.139. The van der Waals surface area contributed by atoms with Crippen LogP contribution < -0.4 is 5.73 Å². The van der Waals surface area contributed by atoms with Gasteiger partial charge in [0.25, 0.3) is 10.1 Å². The van der Waals surface area contributed by atoms with Crippen LogP contribution in [0, 0.1) is 0 Å². The number of aliphatic carboxylic acids is 1. The molecule has 1 fully saturated rings. The molecule has 1 aliphatic carbocycles. The minimum atomic E-state index is -3.67. The van der Waals surface area contributed by atoms with Crippen LogP contribution in [0.3, 0.4) is 0 Å². The maximum atomic E-state index is 9.96. The molecule has 6 nitrogen and oxygen atoms in total. The quantitative estimate of drug-likeness (QED) is 0.467. The largest absolute Gasteiger partial charge is 0.480 e. The van der Waals surface area contributed by atoms with E-state index in [0.29, 0.717) is 19.1 Å². The van der Waals surface area contributed by atoms with Crippen molar-refractivity contribution < 1.29 is 22.9 Å². The van der Waals surface area contributed by atoms with E-state index in [-0.39, 0.29) is 0 Å². The fourth-order valence-electron chi connectivity index (χ4n) is 0.349. The summed E-state index contributed by atoms with van der Waals surface area (Å²) in [4.78, 5) is 9.96. The molecule has 0 aromatic rings. The topological polar surface area (TPSA) is 118 Å². The Morgan fingerprint density at radius 2 is 1.75 bits per heavy atom. The first-order valence-corrected chi connectivity index (χ1v) is 4.95. The van der Waals surface area contributed by atoms with Crippen molar-refractivity contribution in [1.82, 2.24) is 0 Å². The maximum Gasteiger partial charge on any atom is 0.323 e. The first kappa shape index (κ1) is 11.3. The smallest absolute Gasteiger partial charge is 0.323 e. The molecule has 0 aromatic carbocycles. The van der Waals surface area contributed by atoms with Crippen LogP contribution in [-0.2, 0) is 14.9 Å². The van der Waals surface area contributed by atoms with Crippen LogP contribution in [-0.4, -0.2) is 35.8 Å². The summed E-state index contributed by atoms with van der Waals surface area (Å²) in [5, 5.41) is 8.19. The van der Waals surface area contributed by atoms with Gasteiger partial charge in [0, 0.05) is 0 Å². The predicted molar refractivity (Wildman–Crippen MR) is 41.3 cm³/mol. The Labute approximate surface area is 70.1 Å². The van der Waals surface area contributed by atoms with Gasteiger partial charge in [0.15, 0.2) is 0 Å². The number of hydrogen-bond donors (Lipinski definition) is 3. The molecule has 4 N–H and O–H groups in total. The van der Waals surface area contributed by atoms with Gasteiger partial charge in [-0.15, -0.1) is 0 Å². The second-order valence-electron chi connectivity index (χ2n) is 2.69. The third kappa shape index (κ3) is 6.08. The minimum Gasteiger partial charge on any atom is -0.480 e. The van der Waals surface area contributed by atoms with Gasteiger partial charge in [-0.2, -0.15) is 8.42 Å². The number of carboxylic acid groups (broad SMARTS) is 1. The Morgan fingerprint density at radius 3 is 1.75 bits per heavy atom. The van der Waals surface area contributed by atoms with Crippen molar-refractivity contribution in [3.63, 3.8) is 0 Å². The molecule has 1 saturated carbocycles. The predicted octanol–water partition coefficient (Wildman–Crippen LogP) is -0.934. The van der Waals surface area contributed by atoms with Gasteiger partial charge < -0.3 is 10.8 Å². The van der Waals surface area contributed by atoms with Crippen LogP contribution in [0.4, 0.5) is 0 Å². The molecule has 0 amide bonds. The van der Waals surface area contributed by atoms with Crippen molar-refractivity contribution >= 4 is 16.1 Å². The first-order valence-electron chi connectivity index (χ1n) is 3.10. The van der Waals surface area contributed by atoms with Crippen LogP contribution in [0.2, 0.25) is 0 Å². The van der Waals surface area contributed by atoms with Crippen LogP contribution in [0.15, 0.2) is 0 Å². The molecule has 0 saturated heterocycles. The fraction of sp³-hybridized carbons (Fsp3) is 0.800. The molecule has 12 heavy (non-hydrogen) atoms. The van der Waals surface area contributed by atoms with E-state index < -0.39 is 21.6 Å². The summed E-state index contributed by atoms with van der Waals surface area (Å²) in [7, 11) is -3.67. The summed E-state index contributed by atoms with van der Waals surface area (Å²) in [6.07, 6.45) is 2.00. The van der Waals surface area contributed by atoms with Gasteiger partial charge >= 0.3 is 5.97 Å². The van der Waals surface area contributed by atoms with Gasteiger partial charge in [-0.1, -0.05) is 0 Å². The molecule has 1 rings (SSSR count). The Kier molecular flexibility index (Phi) is 3.19. The second-order valence-corrected chi connectivity index (χ2v) is 4.16. The van der Waals surface area contributed by atoms with Gasteiger partial charge in [-0.05, 0) is 12.8 Å². The van der Waals surface area contributed by atoms with E-state index in [1.165, 1.54) is 0 Å². The van der Waals surface area contributed by atoms with Gasteiger partial charge in [0.2, 0.25) is 0 Å². The third-order valence-corrected chi connectivity index (χ3v) is 1.21. The van der Waals surface area contributed by atoms with Gasteiger partial charge in [0.05, 0.1) is 6.26 Å². The van der Waals surface area contributed by atoms with Crippen molar-refractivity contribution in [1.29, 1.82) is 0 Å². The zero-order valence-electron chi connectivity index (χ0n) is 6.52. The lowest BCUT2D eigenvalue weighted by Gasteiger charge is -1.95. The molecule has 0 bridgehead atoms. The molecule has 0 heterocycles. The van der Waals surface area contributed by atoms with E-state index in [2.05, 4.69) is 0 Å². The number of carboxylic acids is 1. The Hall–Kier alpha value is -0.660. The van der Waals surface area contributed by atoms with Crippen LogP contribution in [0.1, 0.15) is 12.8 Å². The van der Waals surface area contributed by atoms with Gasteiger partial charge in [-0.25, -0.2) is 0 Å². The second kappa shape index (κ2) is 3.38. The van der Waals surface area contributed by atoms with E-state index >= 15 is 0 Å². The molecular formula is C5H11NO5S. The number of hydrogen-bond acceptors (Lipinski definition) is 4. The van der Waals surface area contributed by atoms with Crippen molar-refractivity contribution in [3.05, 3.63) is 0 Å². The van der Waals surface area contributed by atoms with Crippen LogP contribution in [0.25, 0.3) is 0 Å². The average molecular weight is 197 g/mol. The summed E-state index contributed by atoms with van der Waals surface area (Å²) in [5.41, 5.74) is 4.36. The minimum absolute atomic E-state index is 0.641. The van der Waals surface area contributed by atoms with Crippen molar-refractivity contribution in [2.24, 2.45) is 5.73 Å². The summed E-state index contributed by atoms with van der Waals surface area (Å²) in [6.45, 7) is 0. The highest BCUT2D eigenvalue weighted by atomic mass is 32.2. The van der Waals surface area contributed by atoms with Crippen molar-refractivity contribution in [2.45, 2.75) is 18.4 Å². The first-order chi connectivity index (χ1) is 5.15. The summed E-state index contributed by atoms with van der Waals surface area (Å²) in [5.74, 6) is -0.868. The van der Waals surface area contributed by atoms with E-state index in [9.17, 15) is 13.2 Å². The zero-order chi connectivity index (χ0) is 9.99. The Balaban J connectivity index is 0.000000217. The van der Waals surface area contributed by atoms with Crippen LogP contribution >= 0.6 is 0 Å². The summed E-state index contributed by atoms with van der Waals surface area (Å²) < 4.78 is 25.9. The molecule has 1 aliphatic rings. The van der Waals surface area contributed by atoms with Crippen LogP contribution in [0.5, 0.6) is 0 Å². The van der Waals surface area contributed by atoms with E-state index in [0.717, 1.165) is 0 Å². The Bertz CT molecular complexity index is 258. The van der Waals surface area contributed by atoms with Crippen molar-refractivity contribution in [3.8, 4) is 0 Å². The zero-order valence-corrected chi connectivity index (χ0v) is 7.34. The highest BCUT2D eigenvalue weighted by Gasteiger charge is 2.46. The molecule has 0 aliphatic heterocycles. The maximum absolute atomic E-state index is 9.96. The number of rotatable bonds is 1. The SMILES string of the molecule is CS(=O)(=O)O.NC1(C(=O)O)CC1. The monoisotopic (exact) mass is 197 g/mol. The highest BCUT2D eigenvalue weighted by Crippen LogP contribution is 2.31. The lowest BCUT2D eigenvalue weighted by atomic mass is 10.3. The number of carbonyl (C=O) groups is 1. The molecular weight excluding hydrogens is 186 g/mol. The molecule has 7 heteroatoms. The van der Waals surface area contributed by atoms with E-state index in [1.807, 2.05) is 0 Å². The highest BCUT2D eigenvalue weighted by molar-refractivity contribution is 7.85. The molecule has 0 radical (unpaired) electrons. The summed E-state index contributed by atoms with van der Waals surface area (Å²) in [6, 6.07) is 0. The average Bonchev–Trinajstić information content (AvgIpc) is 2.43. The molecule has 0 aromatic heterocycles. The molecule has 0 unspecified atom stereocenters. The number of nitrogens with two attached hydrogens (primary N) is 1. The molecule has 0 atom stereocenters. The van der Waals surface area contributed by atoms with E-state index in [1.54, 1.807) is 0 Å². The third-order valence-electron chi connectivity index (χ3n) is 1.21. The molecule has 0 spiro atoms. The molecule has 72 valence electrons. The van der Waals surface area contributed by atoms with Crippen molar-refractivity contribution in [2.75, 3.05) is 6.26 Å². The summed E-state index contributed by atoms with van der Waals surface area (Å²) >= 11 is 0. The van der Waals surface area contributed by atoms with E-state index in [4.69, 9.17) is 15.4 Å². The Morgan fingerprint density at radius 1 is 1.50 bits per heavy atom. The lowest BCUT2D eigenvalue weighted by Crippen LogP contribution is -2.31. The standard InChI is InChI=1S/C4H7NO2.CH4O3S/c5-4(1-2-4)3(6)7;1-5(2,3)4/h1-2,5H2,(H,6,7);1H3,(H,2,3,4). The van der Waals surface area contributed by atoms with Gasteiger partial charge in [0.1, 0.15) is 5.54 Å².